The highest BCUT2D eigenvalue weighted by atomic mass is 16.3. The van der Waals surface area contributed by atoms with Crippen molar-refractivity contribution in [1.29, 1.82) is 0 Å². The van der Waals surface area contributed by atoms with Crippen LogP contribution in [0.1, 0.15) is 68.2 Å². The molecule has 34 heavy (non-hydrogen) atoms. The van der Waals surface area contributed by atoms with Gasteiger partial charge in [-0.1, -0.05) is 75.2 Å². The molecular formula is C31H40O3. The van der Waals surface area contributed by atoms with E-state index >= 15 is 0 Å². The summed E-state index contributed by atoms with van der Waals surface area (Å²) in [5, 5.41) is 29.4. The van der Waals surface area contributed by atoms with E-state index in [0.29, 0.717) is 25.7 Å². The predicted molar refractivity (Wildman–Crippen MR) is 142 cm³/mol. The van der Waals surface area contributed by atoms with Crippen LogP contribution in [-0.4, -0.2) is 28.5 Å². The fraction of sp³-hybridized carbons (Fsp3) is 0.419. The number of phenolic OH excluding ortho intramolecular Hbond substituents is 1. The van der Waals surface area contributed by atoms with Gasteiger partial charge in [0.15, 0.2) is 0 Å². The average Bonchev–Trinajstić information content (AvgIpc) is 2.87. The van der Waals surface area contributed by atoms with Crippen LogP contribution in [0.25, 0.3) is 22.3 Å². The van der Waals surface area contributed by atoms with Crippen LogP contribution in [0.2, 0.25) is 0 Å². The van der Waals surface area contributed by atoms with Gasteiger partial charge in [-0.2, -0.15) is 0 Å². The first-order valence-corrected chi connectivity index (χ1v) is 12.9. The molecule has 0 atom stereocenters. The Balaban J connectivity index is 1.96. The Bertz CT molecular complexity index is 1040. The highest BCUT2D eigenvalue weighted by Crippen LogP contribution is 2.37. The molecule has 3 aromatic rings. The zero-order valence-electron chi connectivity index (χ0n) is 20.8. The lowest BCUT2D eigenvalue weighted by Gasteiger charge is -2.19. The van der Waals surface area contributed by atoms with E-state index in [9.17, 15) is 15.3 Å². The molecule has 0 saturated heterocycles. The fourth-order valence-corrected chi connectivity index (χ4v) is 4.78. The molecule has 0 aliphatic carbocycles. The standard InChI is InChI=1S/C31H40O3/c1-3-5-6-9-23-12-14-25(15-13-23)26-16-17-27(24(4-2)22-26)29-18-19-31(34)30(11-8-21-33)28(29)10-7-20-32/h12-19,22,32-34H,3-11,20-21H2,1-2H3. The van der Waals surface area contributed by atoms with Crippen LogP contribution in [-0.2, 0) is 25.7 Å². The summed E-state index contributed by atoms with van der Waals surface area (Å²) in [4.78, 5) is 0. The number of hydrogen-bond donors (Lipinski definition) is 3. The second kappa shape index (κ2) is 13.3. The molecule has 3 N–H and O–H groups in total. The average molecular weight is 461 g/mol. The summed E-state index contributed by atoms with van der Waals surface area (Å²) >= 11 is 0. The number of rotatable bonds is 13. The molecule has 0 fully saturated rings. The van der Waals surface area contributed by atoms with E-state index in [2.05, 4.69) is 56.3 Å². The first kappa shape index (κ1) is 26.0. The molecule has 0 heterocycles. The van der Waals surface area contributed by atoms with Crippen molar-refractivity contribution in [3.8, 4) is 28.0 Å². The molecule has 0 amide bonds. The molecule has 3 aromatic carbocycles. The third-order valence-corrected chi connectivity index (χ3v) is 6.71. The third-order valence-electron chi connectivity index (χ3n) is 6.71. The number of unbranched alkanes of at least 4 members (excludes halogenated alkanes) is 2. The largest absolute Gasteiger partial charge is 0.508 e. The Morgan fingerprint density at radius 3 is 1.91 bits per heavy atom. The zero-order chi connectivity index (χ0) is 24.3. The van der Waals surface area contributed by atoms with Gasteiger partial charge in [0.2, 0.25) is 0 Å². The van der Waals surface area contributed by atoms with Crippen molar-refractivity contribution in [2.75, 3.05) is 13.2 Å². The maximum atomic E-state index is 10.6. The normalized spacial score (nSPS) is 11.2. The Hall–Kier alpha value is -2.62. The number of phenols is 1. The van der Waals surface area contributed by atoms with E-state index in [4.69, 9.17) is 0 Å². The second-order valence-corrected chi connectivity index (χ2v) is 9.12. The maximum absolute atomic E-state index is 10.6. The molecule has 0 spiro atoms. The van der Waals surface area contributed by atoms with Gasteiger partial charge in [-0.25, -0.2) is 0 Å². The van der Waals surface area contributed by atoms with Crippen molar-refractivity contribution >= 4 is 0 Å². The van der Waals surface area contributed by atoms with Crippen molar-refractivity contribution in [3.63, 3.8) is 0 Å². The summed E-state index contributed by atoms with van der Waals surface area (Å²) in [7, 11) is 0. The lowest BCUT2D eigenvalue weighted by molar-refractivity contribution is 0.285. The Kier molecular flexibility index (Phi) is 10.2. The van der Waals surface area contributed by atoms with E-state index in [1.165, 1.54) is 47.1 Å². The van der Waals surface area contributed by atoms with Gasteiger partial charge in [-0.3, -0.25) is 0 Å². The minimum Gasteiger partial charge on any atom is -0.508 e. The fourth-order valence-electron chi connectivity index (χ4n) is 4.78. The Morgan fingerprint density at radius 2 is 1.26 bits per heavy atom. The topological polar surface area (TPSA) is 60.7 Å². The first-order chi connectivity index (χ1) is 16.6. The van der Waals surface area contributed by atoms with Crippen molar-refractivity contribution in [3.05, 3.63) is 76.9 Å². The highest BCUT2D eigenvalue weighted by Gasteiger charge is 2.16. The van der Waals surface area contributed by atoms with Gasteiger partial charge < -0.3 is 15.3 Å². The lowest BCUT2D eigenvalue weighted by atomic mass is 9.86. The number of aliphatic hydroxyl groups excluding tert-OH is 2. The summed E-state index contributed by atoms with van der Waals surface area (Å²) in [6.07, 6.45) is 8.40. The predicted octanol–water partition coefficient (Wildman–Crippen LogP) is 6.87. The minimum absolute atomic E-state index is 0.0927. The van der Waals surface area contributed by atoms with E-state index < -0.39 is 0 Å². The van der Waals surface area contributed by atoms with Crippen molar-refractivity contribution < 1.29 is 15.3 Å². The van der Waals surface area contributed by atoms with Crippen LogP contribution in [0, 0.1) is 0 Å². The van der Waals surface area contributed by atoms with Crippen LogP contribution >= 0.6 is 0 Å². The third kappa shape index (κ3) is 6.49. The van der Waals surface area contributed by atoms with Crippen LogP contribution in [0.3, 0.4) is 0 Å². The van der Waals surface area contributed by atoms with Gasteiger partial charge in [0.25, 0.3) is 0 Å². The van der Waals surface area contributed by atoms with E-state index in [-0.39, 0.29) is 19.0 Å². The highest BCUT2D eigenvalue weighted by molar-refractivity contribution is 5.77. The van der Waals surface area contributed by atoms with E-state index in [1.54, 1.807) is 6.07 Å². The lowest BCUT2D eigenvalue weighted by Crippen LogP contribution is -2.03. The van der Waals surface area contributed by atoms with Gasteiger partial charge in [-0.15, -0.1) is 0 Å². The summed E-state index contributed by atoms with van der Waals surface area (Å²) in [5.74, 6) is 0.277. The molecule has 0 aromatic heterocycles. The molecular weight excluding hydrogens is 420 g/mol. The zero-order valence-corrected chi connectivity index (χ0v) is 20.8. The summed E-state index contributed by atoms with van der Waals surface area (Å²) in [5.41, 5.74) is 9.40. The number of aromatic hydroxyl groups is 1. The van der Waals surface area contributed by atoms with Gasteiger partial charge in [-0.05, 0) is 95.5 Å². The molecule has 3 heteroatoms. The number of benzene rings is 3. The van der Waals surface area contributed by atoms with E-state index in [1.807, 2.05) is 6.07 Å². The molecule has 0 saturated carbocycles. The van der Waals surface area contributed by atoms with E-state index in [0.717, 1.165) is 29.5 Å². The quantitative estimate of drug-likeness (QED) is 0.244. The number of hydrogen-bond acceptors (Lipinski definition) is 3. The molecule has 0 bridgehead atoms. The smallest absolute Gasteiger partial charge is 0.119 e. The maximum Gasteiger partial charge on any atom is 0.119 e. The summed E-state index contributed by atoms with van der Waals surface area (Å²) in [6, 6.07) is 19.4. The summed E-state index contributed by atoms with van der Waals surface area (Å²) < 4.78 is 0. The van der Waals surface area contributed by atoms with Gasteiger partial charge in [0.05, 0.1) is 0 Å². The number of aliphatic hydroxyl groups is 2. The monoisotopic (exact) mass is 460 g/mol. The van der Waals surface area contributed by atoms with Crippen molar-refractivity contribution in [2.45, 2.75) is 71.6 Å². The molecule has 182 valence electrons. The van der Waals surface area contributed by atoms with Crippen LogP contribution < -0.4 is 0 Å². The van der Waals surface area contributed by atoms with Gasteiger partial charge in [0, 0.05) is 13.2 Å². The van der Waals surface area contributed by atoms with Gasteiger partial charge in [0.1, 0.15) is 5.75 Å². The molecule has 0 unspecified atom stereocenters. The van der Waals surface area contributed by atoms with Crippen LogP contribution in [0.15, 0.2) is 54.6 Å². The molecule has 3 rings (SSSR count). The van der Waals surface area contributed by atoms with Gasteiger partial charge >= 0.3 is 0 Å². The molecule has 0 aliphatic rings. The second-order valence-electron chi connectivity index (χ2n) is 9.12. The Morgan fingerprint density at radius 1 is 0.618 bits per heavy atom. The van der Waals surface area contributed by atoms with Crippen molar-refractivity contribution in [1.82, 2.24) is 0 Å². The minimum atomic E-state index is 0.0927. The van der Waals surface area contributed by atoms with Crippen LogP contribution in [0.5, 0.6) is 5.75 Å². The molecule has 3 nitrogen and oxygen atoms in total. The summed E-state index contributed by atoms with van der Waals surface area (Å²) in [6.45, 7) is 4.62. The number of aryl methyl sites for hydroxylation is 2. The Labute approximate surface area is 205 Å². The van der Waals surface area contributed by atoms with Crippen molar-refractivity contribution in [2.24, 2.45) is 0 Å². The molecule has 0 radical (unpaired) electrons. The first-order valence-electron chi connectivity index (χ1n) is 12.9. The van der Waals surface area contributed by atoms with Crippen LogP contribution in [0.4, 0.5) is 0 Å². The SMILES string of the molecule is CCCCCc1ccc(-c2ccc(-c3ccc(O)c(CCCO)c3CCCO)c(CC)c2)cc1. The molecule has 0 aliphatic heterocycles.